The van der Waals surface area contributed by atoms with Crippen LogP contribution >= 0.6 is 21.8 Å². The first-order chi connectivity index (χ1) is 8.98. The summed E-state index contributed by atoms with van der Waals surface area (Å²) in [6.07, 6.45) is -3.38. The van der Waals surface area contributed by atoms with Gasteiger partial charge in [0.25, 0.3) is 0 Å². The highest BCUT2D eigenvalue weighted by Crippen LogP contribution is 2.56. The predicted molar refractivity (Wildman–Crippen MR) is 80.1 cm³/mol. The maximum atomic E-state index is 12.3. The molecular weight excluding hydrogens is 327 g/mol. The first-order valence-electron chi connectivity index (χ1n) is 5.78. The van der Waals surface area contributed by atoms with Gasteiger partial charge in [0, 0.05) is 0 Å². The topological polar surface area (TPSA) is 35.5 Å². The molecule has 0 bridgehead atoms. The standard InChI is InChI=1S/C14H14BrO3P/c1-11-7-3-5-9-13(11)17-19(15,16)18-14-10-6-4-8-12(14)2/h3-10H,1-2H3. The van der Waals surface area contributed by atoms with E-state index in [1.54, 1.807) is 12.1 Å². The van der Waals surface area contributed by atoms with Crippen LogP contribution in [-0.4, -0.2) is 0 Å². The first-order valence-corrected chi connectivity index (χ1v) is 9.34. The molecule has 0 saturated heterocycles. The molecule has 2 rings (SSSR count). The van der Waals surface area contributed by atoms with Gasteiger partial charge in [-0.1, -0.05) is 36.4 Å². The van der Waals surface area contributed by atoms with Crippen molar-refractivity contribution in [3.05, 3.63) is 59.7 Å². The smallest absolute Gasteiger partial charge is 0.408 e. The SMILES string of the molecule is Cc1ccccc1OP(=O)(Br)Oc1ccccc1C. The summed E-state index contributed by atoms with van der Waals surface area (Å²) in [6.45, 7) is 3.77. The van der Waals surface area contributed by atoms with Gasteiger partial charge >= 0.3 is 6.30 Å². The number of para-hydroxylation sites is 2. The van der Waals surface area contributed by atoms with E-state index >= 15 is 0 Å². The van der Waals surface area contributed by atoms with Crippen molar-refractivity contribution in [1.82, 2.24) is 0 Å². The van der Waals surface area contributed by atoms with Crippen molar-refractivity contribution in [3.8, 4) is 11.5 Å². The van der Waals surface area contributed by atoms with E-state index in [2.05, 4.69) is 15.5 Å². The molecule has 0 N–H and O–H groups in total. The zero-order valence-corrected chi connectivity index (χ0v) is 13.1. The second-order valence-corrected chi connectivity index (χ2v) is 7.98. The van der Waals surface area contributed by atoms with Gasteiger partial charge in [-0.3, -0.25) is 0 Å². The number of hydrogen-bond acceptors (Lipinski definition) is 3. The van der Waals surface area contributed by atoms with Gasteiger partial charge in [-0.25, -0.2) is 4.57 Å². The molecule has 0 saturated carbocycles. The zero-order chi connectivity index (χ0) is 13.9. The Hall–Kier alpha value is -1.25. The molecular formula is C14H14BrO3P. The van der Waals surface area contributed by atoms with E-state index < -0.39 is 6.30 Å². The molecule has 0 aliphatic rings. The summed E-state index contributed by atoms with van der Waals surface area (Å²) in [7, 11) is 0. The molecule has 0 aliphatic heterocycles. The number of halogens is 1. The highest BCUT2D eigenvalue weighted by molar-refractivity contribution is 9.39. The summed E-state index contributed by atoms with van der Waals surface area (Å²) in [6, 6.07) is 14.7. The Bertz CT molecular complexity index is 576. The van der Waals surface area contributed by atoms with E-state index in [4.69, 9.17) is 9.05 Å². The van der Waals surface area contributed by atoms with E-state index in [-0.39, 0.29) is 0 Å². The Labute approximate surface area is 120 Å². The van der Waals surface area contributed by atoms with Gasteiger partial charge in [-0.05, 0) is 37.1 Å². The highest BCUT2D eigenvalue weighted by atomic mass is 79.9. The lowest BCUT2D eigenvalue weighted by Crippen LogP contribution is -1.97. The fourth-order valence-corrected chi connectivity index (χ4v) is 3.42. The quantitative estimate of drug-likeness (QED) is 0.711. The van der Waals surface area contributed by atoms with Crippen LogP contribution in [-0.2, 0) is 4.57 Å². The Kier molecular flexibility index (Phi) is 4.33. The maximum Gasteiger partial charge on any atom is 0.498 e. The van der Waals surface area contributed by atoms with Crippen LogP contribution in [0.25, 0.3) is 0 Å². The molecule has 3 nitrogen and oxygen atoms in total. The first kappa shape index (κ1) is 14.2. The van der Waals surface area contributed by atoms with Crippen molar-refractivity contribution in [1.29, 1.82) is 0 Å². The summed E-state index contributed by atoms with van der Waals surface area (Å²) in [5, 5.41) is 0. The van der Waals surface area contributed by atoms with Crippen molar-refractivity contribution < 1.29 is 13.6 Å². The minimum Gasteiger partial charge on any atom is -0.408 e. The molecule has 2 aromatic rings. The second kappa shape index (κ2) is 5.81. The van der Waals surface area contributed by atoms with E-state index in [1.165, 1.54) is 0 Å². The van der Waals surface area contributed by atoms with Crippen molar-refractivity contribution in [2.75, 3.05) is 0 Å². The molecule has 0 fully saturated rings. The predicted octanol–water partition coefficient (Wildman–Crippen LogP) is 5.26. The Morgan fingerprint density at radius 1 is 0.842 bits per heavy atom. The van der Waals surface area contributed by atoms with Crippen LogP contribution in [0.15, 0.2) is 48.5 Å². The van der Waals surface area contributed by atoms with Gasteiger partial charge in [0.05, 0.1) is 15.5 Å². The van der Waals surface area contributed by atoms with Gasteiger partial charge < -0.3 is 9.05 Å². The van der Waals surface area contributed by atoms with Gasteiger partial charge in [0.2, 0.25) is 0 Å². The lowest BCUT2D eigenvalue weighted by Gasteiger charge is -2.16. The Balaban J connectivity index is 2.18. The van der Waals surface area contributed by atoms with Crippen molar-refractivity contribution in [2.45, 2.75) is 13.8 Å². The van der Waals surface area contributed by atoms with Gasteiger partial charge in [0.15, 0.2) is 0 Å². The van der Waals surface area contributed by atoms with Crippen LogP contribution in [0.1, 0.15) is 11.1 Å². The lowest BCUT2D eigenvalue weighted by atomic mass is 10.2. The molecule has 0 spiro atoms. The average Bonchev–Trinajstić information content (AvgIpc) is 2.35. The molecule has 0 unspecified atom stereocenters. The van der Waals surface area contributed by atoms with Crippen molar-refractivity contribution >= 4 is 21.8 Å². The number of hydrogen-bond donors (Lipinski definition) is 0. The van der Waals surface area contributed by atoms with Crippen LogP contribution < -0.4 is 9.05 Å². The molecule has 5 heteroatoms. The van der Waals surface area contributed by atoms with Gasteiger partial charge in [-0.2, -0.15) is 0 Å². The molecule has 0 amide bonds. The van der Waals surface area contributed by atoms with E-state index in [1.807, 2.05) is 50.2 Å². The molecule has 0 atom stereocenters. The van der Waals surface area contributed by atoms with Crippen LogP contribution in [0.5, 0.6) is 11.5 Å². The van der Waals surface area contributed by atoms with Crippen LogP contribution in [0.3, 0.4) is 0 Å². The largest absolute Gasteiger partial charge is 0.498 e. The summed E-state index contributed by atoms with van der Waals surface area (Å²) in [4.78, 5) is 0. The lowest BCUT2D eigenvalue weighted by molar-refractivity contribution is 0.407. The minimum absolute atomic E-state index is 0.538. The summed E-state index contributed by atoms with van der Waals surface area (Å²) in [5.41, 5.74) is 1.80. The molecule has 0 aliphatic carbocycles. The van der Waals surface area contributed by atoms with E-state index in [0.29, 0.717) is 11.5 Å². The molecule has 100 valence electrons. The fourth-order valence-electron chi connectivity index (χ4n) is 1.57. The third-order valence-corrected chi connectivity index (χ3v) is 4.30. The van der Waals surface area contributed by atoms with Crippen LogP contribution in [0.2, 0.25) is 0 Å². The van der Waals surface area contributed by atoms with Crippen LogP contribution in [0.4, 0.5) is 0 Å². The summed E-state index contributed by atoms with van der Waals surface area (Å²) in [5.74, 6) is 1.08. The van der Waals surface area contributed by atoms with Gasteiger partial charge in [0.1, 0.15) is 11.5 Å². The highest BCUT2D eigenvalue weighted by Gasteiger charge is 2.25. The Morgan fingerprint density at radius 2 is 1.21 bits per heavy atom. The molecule has 2 aromatic carbocycles. The minimum atomic E-state index is -3.38. The van der Waals surface area contributed by atoms with Crippen molar-refractivity contribution in [2.24, 2.45) is 0 Å². The van der Waals surface area contributed by atoms with E-state index in [0.717, 1.165) is 11.1 Å². The second-order valence-electron chi connectivity index (χ2n) is 4.14. The normalized spacial score (nSPS) is 11.1. The number of benzene rings is 2. The maximum absolute atomic E-state index is 12.3. The summed E-state index contributed by atoms with van der Waals surface area (Å²) < 4.78 is 23.2. The van der Waals surface area contributed by atoms with E-state index in [9.17, 15) is 4.57 Å². The fraction of sp³-hybridized carbons (Fsp3) is 0.143. The third kappa shape index (κ3) is 3.85. The average molecular weight is 341 g/mol. The monoisotopic (exact) mass is 340 g/mol. The van der Waals surface area contributed by atoms with Gasteiger partial charge in [-0.15, -0.1) is 0 Å². The third-order valence-electron chi connectivity index (χ3n) is 2.60. The summed E-state index contributed by atoms with van der Waals surface area (Å²) >= 11 is 3.03. The van der Waals surface area contributed by atoms with Crippen molar-refractivity contribution in [3.63, 3.8) is 0 Å². The zero-order valence-electron chi connectivity index (χ0n) is 10.7. The number of rotatable bonds is 4. The Morgan fingerprint density at radius 3 is 1.58 bits per heavy atom. The molecule has 0 heterocycles. The molecule has 19 heavy (non-hydrogen) atoms. The molecule has 0 radical (unpaired) electrons. The number of aryl methyl sites for hydroxylation is 2. The molecule has 0 aromatic heterocycles. The van der Waals surface area contributed by atoms with Crippen LogP contribution in [0, 0.1) is 13.8 Å².